The molecule has 2 aromatic rings. The van der Waals surface area contributed by atoms with Gasteiger partial charge in [-0.1, -0.05) is 23.1 Å². The molecule has 10 heteroatoms. The van der Waals surface area contributed by atoms with Crippen LogP contribution in [0, 0.1) is 0 Å². The van der Waals surface area contributed by atoms with Crippen molar-refractivity contribution < 1.29 is 0 Å². The van der Waals surface area contributed by atoms with Crippen LogP contribution in [0.2, 0.25) is 0 Å². The van der Waals surface area contributed by atoms with Crippen molar-refractivity contribution in [2.75, 3.05) is 12.4 Å². The van der Waals surface area contributed by atoms with Gasteiger partial charge in [-0.05, 0) is 0 Å². The van der Waals surface area contributed by atoms with Crippen LogP contribution in [0.4, 0.5) is 5.13 Å². The zero-order valence-electron chi connectivity index (χ0n) is 9.63. The van der Waals surface area contributed by atoms with Gasteiger partial charge in [-0.15, -0.1) is 10.2 Å². The summed E-state index contributed by atoms with van der Waals surface area (Å²) in [6, 6.07) is 0. The Balaban J connectivity index is 2.13. The van der Waals surface area contributed by atoms with Crippen LogP contribution in [-0.4, -0.2) is 32.0 Å². The highest BCUT2D eigenvalue weighted by Crippen LogP contribution is 2.22. The number of thioether (sulfide) groups is 1. The Bertz CT molecular complexity index is 660. The van der Waals surface area contributed by atoms with E-state index >= 15 is 0 Å². The van der Waals surface area contributed by atoms with Gasteiger partial charge >= 0.3 is 11.1 Å². The molecule has 2 N–H and O–H groups in total. The fourth-order valence-corrected chi connectivity index (χ4v) is 2.73. The molecule has 0 bridgehead atoms. The summed E-state index contributed by atoms with van der Waals surface area (Å²) in [5.74, 6) is 0.533. The molecule has 0 saturated heterocycles. The molecule has 0 radical (unpaired) electrons. The molecule has 0 spiro atoms. The lowest BCUT2D eigenvalue weighted by molar-refractivity contribution is 0.596. The number of nitrogens with one attached hydrogen (secondary N) is 2. The molecule has 18 heavy (non-hydrogen) atoms. The summed E-state index contributed by atoms with van der Waals surface area (Å²) < 4.78 is 1.41. The molecule has 8 nitrogen and oxygen atoms in total. The molecule has 0 aliphatic rings. The normalized spacial score (nSPS) is 10.6. The highest BCUT2D eigenvalue weighted by Gasteiger charge is 2.08. The Kier molecular flexibility index (Phi) is 3.77. The van der Waals surface area contributed by atoms with Gasteiger partial charge in [0.2, 0.25) is 5.13 Å². The highest BCUT2D eigenvalue weighted by atomic mass is 32.2. The van der Waals surface area contributed by atoms with Gasteiger partial charge < -0.3 is 5.32 Å². The predicted molar refractivity (Wildman–Crippen MR) is 69.1 cm³/mol. The molecule has 0 unspecified atom stereocenters. The van der Waals surface area contributed by atoms with E-state index in [9.17, 15) is 9.59 Å². The summed E-state index contributed by atoms with van der Waals surface area (Å²) in [6.45, 7) is 0. The van der Waals surface area contributed by atoms with E-state index in [-0.39, 0.29) is 0 Å². The average Bonchev–Trinajstić information content (AvgIpc) is 2.80. The Morgan fingerprint density at radius 3 is 2.89 bits per heavy atom. The van der Waals surface area contributed by atoms with E-state index in [0.717, 1.165) is 10.1 Å². The van der Waals surface area contributed by atoms with E-state index in [1.54, 1.807) is 14.1 Å². The summed E-state index contributed by atoms with van der Waals surface area (Å²) >= 11 is 2.73. The zero-order valence-corrected chi connectivity index (χ0v) is 11.3. The maximum absolute atomic E-state index is 11.1. The van der Waals surface area contributed by atoms with Crippen molar-refractivity contribution in [1.82, 2.24) is 25.0 Å². The summed E-state index contributed by atoms with van der Waals surface area (Å²) in [7, 11) is 3.39. The van der Waals surface area contributed by atoms with Crippen molar-refractivity contribution in [3.63, 3.8) is 0 Å². The van der Waals surface area contributed by atoms with Crippen molar-refractivity contribution in [3.05, 3.63) is 25.7 Å². The van der Waals surface area contributed by atoms with E-state index in [1.165, 1.54) is 27.8 Å². The van der Waals surface area contributed by atoms with Gasteiger partial charge in [-0.25, -0.2) is 0 Å². The predicted octanol–water partition coefficient (Wildman–Crippen LogP) is -0.346. The molecule has 2 rings (SSSR count). The monoisotopic (exact) mass is 286 g/mol. The molecule has 0 amide bonds. The van der Waals surface area contributed by atoms with Crippen LogP contribution in [0.5, 0.6) is 0 Å². The quantitative estimate of drug-likeness (QED) is 0.584. The fraction of sp³-hybridized carbons (Fsp3) is 0.375. The standard InChI is InChI=1S/C8H10N6O2S2/c1-9-7-12-11-4(18-7)3-17-8-10-5(15)6(16)13-14(8)2/h3H2,1-2H3,(H,9,12)(H,13,16). The molecule has 0 aliphatic heterocycles. The molecule has 2 aromatic heterocycles. The van der Waals surface area contributed by atoms with E-state index in [4.69, 9.17) is 0 Å². The second-order valence-corrected chi connectivity index (χ2v) is 5.24. The third kappa shape index (κ3) is 2.76. The number of aromatic amines is 1. The summed E-state index contributed by atoms with van der Waals surface area (Å²) in [4.78, 5) is 25.8. The number of anilines is 1. The molecular weight excluding hydrogens is 276 g/mol. The maximum Gasteiger partial charge on any atom is 0.339 e. The molecular formula is C8H10N6O2S2. The summed E-state index contributed by atoms with van der Waals surface area (Å²) in [6.07, 6.45) is 0. The van der Waals surface area contributed by atoms with Gasteiger partial charge in [0.15, 0.2) is 5.16 Å². The first-order valence-corrected chi connectivity index (χ1v) is 6.70. The van der Waals surface area contributed by atoms with Crippen LogP contribution in [0.3, 0.4) is 0 Å². The van der Waals surface area contributed by atoms with Crippen LogP contribution < -0.4 is 16.4 Å². The highest BCUT2D eigenvalue weighted by molar-refractivity contribution is 7.98. The fourth-order valence-electron chi connectivity index (χ4n) is 1.13. The van der Waals surface area contributed by atoms with Crippen molar-refractivity contribution in [1.29, 1.82) is 0 Å². The minimum absolute atomic E-state index is 0.431. The SMILES string of the molecule is CNc1nnc(CSc2nc(=O)c(=O)[nH]n2C)s1. The average molecular weight is 286 g/mol. The second kappa shape index (κ2) is 5.31. The van der Waals surface area contributed by atoms with Crippen molar-refractivity contribution >= 4 is 28.2 Å². The van der Waals surface area contributed by atoms with Gasteiger partial charge in [0, 0.05) is 14.1 Å². The second-order valence-electron chi connectivity index (χ2n) is 3.24. The third-order valence-corrected chi connectivity index (χ3v) is 4.12. The zero-order chi connectivity index (χ0) is 13.1. The maximum atomic E-state index is 11.1. The Labute approximate surface area is 109 Å². The minimum Gasteiger partial charge on any atom is -0.363 e. The number of hydrogen-bond acceptors (Lipinski definition) is 8. The number of rotatable bonds is 4. The van der Waals surface area contributed by atoms with Gasteiger partial charge in [0.05, 0.1) is 5.75 Å². The number of aromatic nitrogens is 5. The first kappa shape index (κ1) is 12.8. The molecule has 0 aromatic carbocycles. The number of hydrogen-bond donors (Lipinski definition) is 2. The summed E-state index contributed by atoms with van der Waals surface area (Å²) in [5, 5.41) is 15.1. The molecule has 0 atom stereocenters. The van der Waals surface area contributed by atoms with Crippen LogP contribution >= 0.6 is 23.1 Å². The smallest absolute Gasteiger partial charge is 0.339 e. The van der Waals surface area contributed by atoms with Crippen molar-refractivity contribution in [2.45, 2.75) is 10.9 Å². The molecule has 0 aliphatic carbocycles. The molecule has 0 saturated carbocycles. The topological polar surface area (TPSA) is 106 Å². The Morgan fingerprint density at radius 2 is 2.22 bits per heavy atom. The van der Waals surface area contributed by atoms with Crippen LogP contribution in [0.25, 0.3) is 0 Å². The van der Waals surface area contributed by atoms with E-state index in [2.05, 4.69) is 25.6 Å². The minimum atomic E-state index is -0.788. The van der Waals surface area contributed by atoms with Gasteiger partial charge in [0.1, 0.15) is 5.01 Å². The lowest BCUT2D eigenvalue weighted by atomic mass is 10.8. The van der Waals surface area contributed by atoms with Gasteiger partial charge in [0.25, 0.3) is 0 Å². The van der Waals surface area contributed by atoms with E-state index in [1.807, 2.05) is 0 Å². The molecule has 96 valence electrons. The van der Waals surface area contributed by atoms with Crippen LogP contribution in [0.1, 0.15) is 5.01 Å². The Morgan fingerprint density at radius 1 is 1.44 bits per heavy atom. The first-order valence-electron chi connectivity index (χ1n) is 4.90. The van der Waals surface area contributed by atoms with Gasteiger partial charge in [-0.3, -0.25) is 19.4 Å². The van der Waals surface area contributed by atoms with Gasteiger partial charge in [-0.2, -0.15) is 4.98 Å². The lowest BCUT2D eigenvalue weighted by Crippen LogP contribution is -2.33. The molecule has 0 fully saturated rings. The van der Waals surface area contributed by atoms with Crippen molar-refractivity contribution in [3.8, 4) is 0 Å². The van der Waals surface area contributed by atoms with Crippen LogP contribution in [-0.2, 0) is 12.8 Å². The number of nitrogens with zero attached hydrogens (tertiary/aromatic N) is 4. The van der Waals surface area contributed by atoms with E-state index < -0.39 is 11.1 Å². The summed E-state index contributed by atoms with van der Waals surface area (Å²) in [5.41, 5.74) is -1.51. The number of aryl methyl sites for hydroxylation is 1. The first-order chi connectivity index (χ1) is 8.60. The third-order valence-electron chi connectivity index (χ3n) is 1.95. The molecule has 2 heterocycles. The number of H-pyrrole nitrogens is 1. The van der Waals surface area contributed by atoms with E-state index in [0.29, 0.717) is 10.9 Å². The van der Waals surface area contributed by atoms with Crippen LogP contribution in [0.15, 0.2) is 14.7 Å². The van der Waals surface area contributed by atoms with Crippen molar-refractivity contribution in [2.24, 2.45) is 7.05 Å². The lowest BCUT2D eigenvalue weighted by Gasteiger charge is -2.03. The Hall–Kier alpha value is -1.68. The largest absolute Gasteiger partial charge is 0.363 e.